The summed E-state index contributed by atoms with van der Waals surface area (Å²) in [7, 11) is 0. The molecule has 0 aromatic heterocycles. The van der Waals surface area contributed by atoms with Gasteiger partial charge in [-0.05, 0) is 55.9 Å². The van der Waals surface area contributed by atoms with Gasteiger partial charge in [0.05, 0.1) is 12.0 Å². The summed E-state index contributed by atoms with van der Waals surface area (Å²) in [6.45, 7) is 6.81. The molecule has 0 radical (unpaired) electrons. The number of amides is 1. The summed E-state index contributed by atoms with van der Waals surface area (Å²) >= 11 is 0. The molecule has 1 aromatic carbocycles. The highest BCUT2D eigenvalue weighted by molar-refractivity contribution is 5.83. The summed E-state index contributed by atoms with van der Waals surface area (Å²) < 4.78 is 0. The zero-order chi connectivity index (χ0) is 14.0. The van der Waals surface area contributed by atoms with E-state index >= 15 is 0 Å². The van der Waals surface area contributed by atoms with Gasteiger partial charge < -0.3 is 10.4 Å². The number of rotatable bonds is 4. The summed E-state index contributed by atoms with van der Waals surface area (Å²) in [4.78, 5) is 12.1. The topological polar surface area (TPSA) is 49.3 Å². The van der Waals surface area contributed by atoms with Crippen molar-refractivity contribution in [2.45, 2.75) is 46.6 Å². The van der Waals surface area contributed by atoms with Crippen LogP contribution in [0.15, 0.2) is 12.1 Å². The van der Waals surface area contributed by atoms with Crippen LogP contribution in [0.1, 0.15) is 41.5 Å². The van der Waals surface area contributed by atoms with E-state index in [9.17, 15) is 9.90 Å². The fourth-order valence-corrected chi connectivity index (χ4v) is 2.63. The number of carbonyl (C=O) groups is 1. The molecule has 1 fully saturated rings. The Kier molecular flexibility index (Phi) is 3.95. The Morgan fingerprint density at radius 2 is 1.95 bits per heavy atom. The van der Waals surface area contributed by atoms with Gasteiger partial charge in [-0.1, -0.05) is 18.6 Å². The van der Waals surface area contributed by atoms with Gasteiger partial charge in [-0.2, -0.15) is 0 Å². The van der Waals surface area contributed by atoms with Gasteiger partial charge in [-0.25, -0.2) is 0 Å². The highest BCUT2D eigenvalue weighted by Gasteiger charge is 2.43. The molecule has 2 rings (SSSR count). The molecule has 3 nitrogen and oxygen atoms in total. The molecule has 1 aromatic rings. The van der Waals surface area contributed by atoms with E-state index in [1.54, 1.807) is 0 Å². The van der Waals surface area contributed by atoms with E-state index in [1.165, 1.54) is 16.7 Å². The van der Waals surface area contributed by atoms with E-state index in [0.29, 0.717) is 6.54 Å². The lowest BCUT2D eigenvalue weighted by atomic mass is 9.68. The molecule has 1 amide bonds. The highest BCUT2D eigenvalue weighted by atomic mass is 16.3. The Balaban J connectivity index is 2.03. The SMILES string of the molecule is Cc1ccc(CNC(=O)C2(CO)CCC2)c(C)c1C. The number of nitrogens with one attached hydrogen (secondary N) is 1. The van der Waals surface area contributed by atoms with Gasteiger partial charge in [-0.3, -0.25) is 4.79 Å². The predicted molar refractivity (Wildman–Crippen MR) is 75.9 cm³/mol. The van der Waals surface area contributed by atoms with Gasteiger partial charge in [0.2, 0.25) is 5.91 Å². The first-order valence-corrected chi connectivity index (χ1v) is 6.95. The Hall–Kier alpha value is -1.35. The maximum atomic E-state index is 12.1. The molecular formula is C16H23NO2. The number of aliphatic hydroxyl groups is 1. The number of aryl methyl sites for hydroxylation is 1. The molecule has 0 saturated heterocycles. The van der Waals surface area contributed by atoms with Crippen LogP contribution < -0.4 is 5.32 Å². The van der Waals surface area contributed by atoms with Crippen molar-refractivity contribution in [3.8, 4) is 0 Å². The van der Waals surface area contributed by atoms with Gasteiger partial charge in [-0.15, -0.1) is 0 Å². The summed E-state index contributed by atoms with van der Waals surface area (Å²) in [5.41, 5.74) is 4.45. The second-order valence-corrected chi connectivity index (χ2v) is 5.77. The van der Waals surface area contributed by atoms with E-state index < -0.39 is 5.41 Å². The molecule has 1 saturated carbocycles. The molecule has 1 aliphatic rings. The van der Waals surface area contributed by atoms with Crippen molar-refractivity contribution in [2.24, 2.45) is 5.41 Å². The first-order valence-electron chi connectivity index (χ1n) is 6.95. The molecule has 0 aliphatic heterocycles. The third kappa shape index (κ3) is 2.52. The van der Waals surface area contributed by atoms with Crippen LogP contribution in [-0.2, 0) is 11.3 Å². The van der Waals surface area contributed by atoms with E-state index in [0.717, 1.165) is 24.8 Å². The largest absolute Gasteiger partial charge is 0.395 e. The van der Waals surface area contributed by atoms with Crippen LogP contribution in [0.2, 0.25) is 0 Å². The number of aliphatic hydroxyl groups excluding tert-OH is 1. The summed E-state index contributed by atoms with van der Waals surface area (Å²) in [5, 5.41) is 12.4. The molecule has 1 aliphatic carbocycles. The van der Waals surface area contributed by atoms with Crippen molar-refractivity contribution in [3.05, 3.63) is 34.4 Å². The third-order valence-electron chi connectivity index (χ3n) is 4.70. The van der Waals surface area contributed by atoms with Crippen molar-refractivity contribution in [1.82, 2.24) is 5.32 Å². The normalized spacial score (nSPS) is 16.8. The average molecular weight is 261 g/mol. The Morgan fingerprint density at radius 1 is 1.26 bits per heavy atom. The van der Waals surface area contributed by atoms with Crippen molar-refractivity contribution >= 4 is 5.91 Å². The van der Waals surface area contributed by atoms with Crippen LogP contribution in [0.4, 0.5) is 0 Å². The molecular weight excluding hydrogens is 238 g/mol. The van der Waals surface area contributed by atoms with Gasteiger partial charge in [0.1, 0.15) is 0 Å². The number of hydrogen-bond acceptors (Lipinski definition) is 2. The molecule has 0 bridgehead atoms. The molecule has 2 N–H and O–H groups in total. The van der Waals surface area contributed by atoms with Gasteiger partial charge in [0.15, 0.2) is 0 Å². The lowest BCUT2D eigenvalue weighted by Gasteiger charge is -2.38. The van der Waals surface area contributed by atoms with Gasteiger partial charge in [0, 0.05) is 6.54 Å². The van der Waals surface area contributed by atoms with Crippen molar-refractivity contribution in [3.63, 3.8) is 0 Å². The number of carbonyl (C=O) groups excluding carboxylic acids is 1. The minimum absolute atomic E-state index is 0.00104. The van der Waals surface area contributed by atoms with E-state index in [4.69, 9.17) is 0 Å². The minimum atomic E-state index is -0.506. The standard InChI is InChI=1S/C16H23NO2/c1-11-5-6-14(13(3)12(11)2)9-17-15(19)16(10-18)7-4-8-16/h5-6,18H,4,7-10H2,1-3H3,(H,17,19). The van der Waals surface area contributed by atoms with Crippen molar-refractivity contribution < 1.29 is 9.90 Å². The van der Waals surface area contributed by atoms with Crippen molar-refractivity contribution in [1.29, 1.82) is 0 Å². The molecule has 0 heterocycles. The smallest absolute Gasteiger partial charge is 0.228 e. The quantitative estimate of drug-likeness (QED) is 0.874. The van der Waals surface area contributed by atoms with E-state index in [2.05, 4.69) is 38.2 Å². The van der Waals surface area contributed by atoms with Crippen LogP contribution >= 0.6 is 0 Å². The minimum Gasteiger partial charge on any atom is -0.395 e. The van der Waals surface area contributed by atoms with Gasteiger partial charge in [0.25, 0.3) is 0 Å². The van der Waals surface area contributed by atoms with Crippen LogP contribution in [0, 0.1) is 26.2 Å². The first kappa shape index (κ1) is 14.1. The second-order valence-electron chi connectivity index (χ2n) is 5.77. The molecule has 0 atom stereocenters. The summed E-state index contributed by atoms with van der Waals surface area (Å²) in [5.74, 6) is -0.00104. The van der Waals surface area contributed by atoms with E-state index in [-0.39, 0.29) is 12.5 Å². The van der Waals surface area contributed by atoms with E-state index in [1.807, 2.05) is 0 Å². The molecule has 3 heteroatoms. The lowest BCUT2D eigenvalue weighted by Crippen LogP contribution is -2.47. The van der Waals surface area contributed by atoms with Gasteiger partial charge >= 0.3 is 0 Å². The van der Waals surface area contributed by atoms with Crippen LogP contribution in [-0.4, -0.2) is 17.6 Å². The van der Waals surface area contributed by atoms with Crippen LogP contribution in [0.5, 0.6) is 0 Å². The lowest BCUT2D eigenvalue weighted by molar-refractivity contribution is -0.139. The fraction of sp³-hybridized carbons (Fsp3) is 0.562. The molecule has 0 spiro atoms. The summed E-state index contributed by atoms with van der Waals surface area (Å²) in [6, 6.07) is 4.17. The number of hydrogen-bond donors (Lipinski definition) is 2. The second kappa shape index (κ2) is 5.33. The zero-order valence-corrected chi connectivity index (χ0v) is 12.0. The van der Waals surface area contributed by atoms with Crippen LogP contribution in [0.25, 0.3) is 0 Å². The third-order valence-corrected chi connectivity index (χ3v) is 4.70. The van der Waals surface area contributed by atoms with Crippen LogP contribution in [0.3, 0.4) is 0 Å². The molecule has 104 valence electrons. The Morgan fingerprint density at radius 3 is 2.47 bits per heavy atom. The molecule has 0 unspecified atom stereocenters. The predicted octanol–water partition coefficient (Wildman–Crippen LogP) is 2.39. The molecule has 19 heavy (non-hydrogen) atoms. The maximum Gasteiger partial charge on any atom is 0.228 e. The Bertz CT molecular complexity index is 484. The maximum absolute atomic E-state index is 12.1. The number of benzene rings is 1. The zero-order valence-electron chi connectivity index (χ0n) is 12.0. The highest BCUT2D eigenvalue weighted by Crippen LogP contribution is 2.40. The summed E-state index contributed by atoms with van der Waals surface area (Å²) in [6.07, 6.45) is 2.65. The Labute approximate surface area is 115 Å². The fourth-order valence-electron chi connectivity index (χ4n) is 2.63. The monoisotopic (exact) mass is 261 g/mol. The van der Waals surface area contributed by atoms with Crippen molar-refractivity contribution in [2.75, 3.05) is 6.61 Å². The average Bonchev–Trinajstić information content (AvgIpc) is 2.34. The first-order chi connectivity index (χ1) is 9.00.